The zero-order valence-electron chi connectivity index (χ0n) is 15.5. The molecule has 2 fully saturated rings. The highest BCUT2D eigenvalue weighted by atomic mass is 16.8. The van der Waals surface area contributed by atoms with Crippen LogP contribution in [0.25, 0.3) is 0 Å². The van der Waals surface area contributed by atoms with Crippen LogP contribution in [-0.4, -0.2) is 46.2 Å². The standard InChI is InChI=1S/C17H24N2O7/c1-16(2,3)14(21)23-8-9-11-12(26-17(4,5)25-11)13(24-9)19-7-6-10(20)18-15(19)22/h6-7,9,11-13H,8H2,1-5H3,(H,18,20,22)/t9-,11-,12-,13-/m1/s1. The Morgan fingerprint density at radius 2 is 1.92 bits per heavy atom. The van der Waals surface area contributed by atoms with E-state index in [0.29, 0.717) is 0 Å². The van der Waals surface area contributed by atoms with Crippen molar-refractivity contribution in [3.63, 3.8) is 0 Å². The second-order valence-electron chi connectivity index (χ2n) is 8.00. The zero-order chi connectivity index (χ0) is 19.3. The molecule has 0 radical (unpaired) electrons. The number of aromatic amines is 1. The lowest BCUT2D eigenvalue weighted by molar-refractivity contribution is -0.204. The number of carbonyl (C=O) groups excluding carboxylic acids is 1. The molecule has 0 saturated carbocycles. The molecule has 1 aromatic rings. The van der Waals surface area contributed by atoms with Crippen LogP contribution in [0.2, 0.25) is 0 Å². The van der Waals surface area contributed by atoms with Crippen molar-refractivity contribution in [2.75, 3.05) is 6.61 Å². The van der Waals surface area contributed by atoms with E-state index in [2.05, 4.69) is 4.98 Å². The molecule has 144 valence electrons. The van der Waals surface area contributed by atoms with E-state index in [4.69, 9.17) is 18.9 Å². The zero-order valence-corrected chi connectivity index (χ0v) is 15.5. The van der Waals surface area contributed by atoms with E-state index >= 15 is 0 Å². The van der Waals surface area contributed by atoms with Gasteiger partial charge in [-0.2, -0.15) is 0 Å². The fourth-order valence-corrected chi connectivity index (χ4v) is 3.02. The van der Waals surface area contributed by atoms with E-state index in [1.807, 2.05) is 0 Å². The fourth-order valence-electron chi connectivity index (χ4n) is 3.02. The van der Waals surface area contributed by atoms with Crippen LogP contribution in [0, 0.1) is 5.41 Å². The van der Waals surface area contributed by atoms with Gasteiger partial charge in [-0.1, -0.05) is 0 Å². The van der Waals surface area contributed by atoms with Crippen LogP contribution in [-0.2, 0) is 23.7 Å². The third-order valence-electron chi connectivity index (χ3n) is 4.24. The van der Waals surface area contributed by atoms with Gasteiger partial charge in [0, 0.05) is 12.3 Å². The summed E-state index contributed by atoms with van der Waals surface area (Å²) in [6, 6.07) is 1.23. The number of rotatable bonds is 3. The first-order valence-corrected chi connectivity index (χ1v) is 8.48. The van der Waals surface area contributed by atoms with Crippen LogP contribution >= 0.6 is 0 Å². The summed E-state index contributed by atoms with van der Waals surface area (Å²) in [4.78, 5) is 37.7. The maximum absolute atomic E-state index is 12.1. The lowest BCUT2D eigenvalue weighted by atomic mass is 9.97. The van der Waals surface area contributed by atoms with Gasteiger partial charge in [-0.25, -0.2) is 4.79 Å². The highest BCUT2D eigenvalue weighted by Gasteiger charge is 2.56. The second-order valence-corrected chi connectivity index (χ2v) is 8.00. The van der Waals surface area contributed by atoms with Gasteiger partial charge in [-0.05, 0) is 34.6 Å². The highest BCUT2D eigenvalue weighted by Crippen LogP contribution is 2.42. The lowest BCUT2D eigenvalue weighted by Crippen LogP contribution is -2.37. The van der Waals surface area contributed by atoms with Crippen molar-refractivity contribution >= 4 is 5.97 Å². The Bertz CT molecular complexity index is 804. The van der Waals surface area contributed by atoms with Crippen molar-refractivity contribution in [2.45, 2.75) is 64.9 Å². The first-order chi connectivity index (χ1) is 12.0. The largest absolute Gasteiger partial charge is 0.462 e. The van der Waals surface area contributed by atoms with Crippen LogP contribution < -0.4 is 11.2 Å². The van der Waals surface area contributed by atoms with Gasteiger partial charge in [0.05, 0.1) is 5.41 Å². The Morgan fingerprint density at radius 3 is 2.54 bits per heavy atom. The molecule has 3 heterocycles. The van der Waals surface area contributed by atoms with Gasteiger partial charge in [0.25, 0.3) is 5.56 Å². The van der Waals surface area contributed by atoms with Crippen LogP contribution in [0.4, 0.5) is 0 Å². The maximum Gasteiger partial charge on any atom is 0.330 e. The molecule has 0 bridgehead atoms. The number of ether oxygens (including phenoxy) is 4. The number of hydrogen-bond acceptors (Lipinski definition) is 7. The molecule has 2 aliphatic heterocycles. The highest BCUT2D eigenvalue weighted by molar-refractivity contribution is 5.75. The summed E-state index contributed by atoms with van der Waals surface area (Å²) >= 11 is 0. The fraction of sp³-hybridized carbons (Fsp3) is 0.706. The minimum atomic E-state index is -0.866. The number of esters is 1. The van der Waals surface area contributed by atoms with Crippen molar-refractivity contribution < 1.29 is 23.7 Å². The summed E-state index contributed by atoms with van der Waals surface area (Å²) < 4.78 is 24.3. The van der Waals surface area contributed by atoms with Crippen LogP contribution in [0.15, 0.2) is 21.9 Å². The van der Waals surface area contributed by atoms with Gasteiger partial charge in [0.1, 0.15) is 24.9 Å². The first-order valence-electron chi connectivity index (χ1n) is 8.48. The van der Waals surface area contributed by atoms with Crippen molar-refractivity contribution in [3.05, 3.63) is 33.1 Å². The summed E-state index contributed by atoms with van der Waals surface area (Å²) in [5, 5.41) is 0. The second kappa shape index (κ2) is 6.33. The molecule has 1 N–H and O–H groups in total. The van der Waals surface area contributed by atoms with Gasteiger partial charge in [-0.3, -0.25) is 19.1 Å². The molecule has 4 atom stereocenters. The van der Waals surface area contributed by atoms with E-state index < -0.39 is 47.0 Å². The molecule has 2 saturated heterocycles. The predicted octanol–water partition coefficient (Wildman–Crippen LogP) is 0.543. The Kier molecular flexibility index (Phi) is 4.58. The third-order valence-corrected chi connectivity index (χ3v) is 4.24. The summed E-state index contributed by atoms with van der Waals surface area (Å²) in [5.74, 6) is -1.23. The van der Waals surface area contributed by atoms with Gasteiger partial charge in [0.2, 0.25) is 0 Å². The van der Waals surface area contributed by atoms with Gasteiger partial charge >= 0.3 is 11.7 Å². The summed E-state index contributed by atoms with van der Waals surface area (Å²) in [5.41, 5.74) is -1.75. The number of H-pyrrole nitrogens is 1. The molecular formula is C17H24N2O7. The number of nitrogens with one attached hydrogen (secondary N) is 1. The van der Waals surface area contributed by atoms with Crippen molar-refractivity contribution in [3.8, 4) is 0 Å². The molecule has 26 heavy (non-hydrogen) atoms. The molecular weight excluding hydrogens is 344 g/mol. The number of aromatic nitrogens is 2. The number of carbonyl (C=O) groups is 1. The quantitative estimate of drug-likeness (QED) is 0.776. The number of fused-ring (bicyclic) bond motifs is 1. The van der Waals surface area contributed by atoms with Crippen molar-refractivity contribution in [2.24, 2.45) is 5.41 Å². The van der Waals surface area contributed by atoms with Crippen LogP contribution in [0.5, 0.6) is 0 Å². The molecule has 0 aliphatic carbocycles. The van der Waals surface area contributed by atoms with Crippen LogP contribution in [0.3, 0.4) is 0 Å². The molecule has 3 rings (SSSR count). The SMILES string of the molecule is CC1(C)O[C@@H]2[C@H](O1)[C@@H](COC(=O)C(C)(C)C)O[C@H]2n1ccc(=O)[nH]c1=O. The van der Waals surface area contributed by atoms with Gasteiger partial charge in [-0.15, -0.1) is 0 Å². The van der Waals surface area contributed by atoms with E-state index in [0.717, 1.165) is 0 Å². The Labute approximate surface area is 150 Å². The normalized spacial score (nSPS) is 30.2. The van der Waals surface area contributed by atoms with E-state index in [1.165, 1.54) is 16.8 Å². The van der Waals surface area contributed by atoms with Gasteiger partial charge in [0.15, 0.2) is 12.0 Å². The predicted molar refractivity (Wildman–Crippen MR) is 89.5 cm³/mol. The molecule has 0 spiro atoms. The molecule has 0 unspecified atom stereocenters. The van der Waals surface area contributed by atoms with Crippen LogP contribution in [0.1, 0.15) is 40.8 Å². The average molecular weight is 368 g/mol. The van der Waals surface area contributed by atoms with E-state index in [9.17, 15) is 14.4 Å². The minimum absolute atomic E-state index is 0.0225. The molecule has 1 aromatic heterocycles. The van der Waals surface area contributed by atoms with E-state index in [1.54, 1.807) is 34.6 Å². The summed E-state index contributed by atoms with van der Waals surface area (Å²) in [6.07, 6.45) is -1.14. The Hall–Kier alpha value is -1.97. The number of hydrogen-bond donors (Lipinski definition) is 1. The topological polar surface area (TPSA) is 109 Å². The van der Waals surface area contributed by atoms with Crippen molar-refractivity contribution in [1.29, 1.82) is 0 Å². The van der Waals surface area contributed by atoms with E-state index in [-0.39, 0.29) is 12.6 Å². The molecule has 0 aromatic carbocycles. The Morgan fingerprint density at radius 1 is 1.27 bits per heavy atom. The number of nitrogens with zero attached hydrogens (tertiary/aromatic N) is 1. The maximum atomic E-state index is 12.1. The third kappa shape index (κ3) is 3.60. The Balaban J connectivity index is 1.83. The molecule has 9 heteroatoms. The molecule has 2 aliphatic rings. The molecule has 0 amide bonds. The summed E-state index contributed by atoms with van der Waals surface area (Å²) in [6.45, 7) is 8.77. The smallest absolute Gasteiger partial charge is 0.330 e. The molecule has 9 nitrogen and oxygen atoms in total. The lowest BCUT2D eigenvalue weighted by Gasteiger charge is -2.25. The monoisotopic (exact) mass is 368 g/mol. The van der Waals surface area contributed by atoms with Crippen molar-refractivity contribution in [1.82, 2.24) is 9.55 Å². The van der Waals surface area contributed by atoms with Gasteiger partial charge < -0.3 is 18.9 Å². The minimum Gasteiger partial charge on any atom is -0.462 e. The average Bonchev–Trinajstić information content (AvgIpc) is 2.97. The first kappa shape index (κ1) is 18.8. The summed E-state index contributed by atoms with van der Waals surface area (Å²) in [7, 11) is 0.